The molecule has 1 aliphatic heterocycles. The molecule has 1 aromatic heterocycles. The summed E-state index contributed by atoms with van der Waals surface area (Å²) in [4.78, 5) is 0. The van der Waals surface area contributed by atoms with Gasteiger partial charge in [0.1, 0.15) is 17.4 Å². The van der Waals surface area contributed by atoms with Crippen molar-refractivity contribution >= 4 is 26.9 Å². The van der Waals surface area contributed by atoms with E-state index in [9.17, 15) is 0 Å². The Balaban J connectivity index is 2.01. The molecule has 0 aliphatic carbocycles. The van der Waals surface area contributed by atoms with Crippen LogP contribution in [0.25, 0.3) is 11.0 Å². The molecule has 3 rings (SSSR count). The molecule has 100 valence electrons. The van der Waals surface area contributed by atoms with Gasteiger partial charge >= 0.3 is 0 Å². The molecule has 0 radical (unpaired) electrons. The second-order valence-corrected chi connectivity index (χ2v) is 5.43. The van der Waals surface area contributed by atoms with Crippen LogP contribution in [0.3, 0.4) is 0 Å². The smallest absolute Gasteiger partial charge is 0.148 e. The molecule has 1 unspecified atom stereocenters. The molecular formula is C14H15BrN2O2. The first-order chi connectivity index (χ1) is 9.29. The van der Waals surface area contributed by atoms with Crippen LogP contribution in [0.1, 0.15) is 24.6 Å². The standard InChI is InChI=1S/C14H15BrN2O2/c15-11-5-1-3-9-7-12(19-14(9)11)13(17-16)10-4-2-6-18-8-10/h1,3,5,7-8,13,17H,2,4,6,16H2. The van der Waals surface area contributed by atoms with Gasteiger partial charge in [-0.05, 0) is 46.5 Å². The van der Waals surface area contributed by atoms with Crippen LogP contribution in [0.5, 0.6) is 0 Å². The molecule has 1 atom stereocenters. The van der Waals surface area contributed by atoms with Crippen LogP contribution in [0.2, 0.25) is 0 Å². The van der Waals surface area contributed by atoms with Crippen LogP contribution in [0, 0.1) is 0 Å². The highest BCUT2D eigenvalue weighted by Crippen LogP contribution is 2.33. The maximum Gasteiger partial charge on any atom is 0.148 e. The van der Waals surface area contributed by atoms with Gasteiger partial charge in [-0.2, -0.15) is 0 Å². The monoisotopic (exact) mass is 322 g/mol. The van der Waals surface area contributed by atoms with Crippen LogP contribution in [0.4, 0.5) is 0 Å². The lowest BCUT2D eigenvalue weighted by Crippen LogP contribution is -2.30. The summed E-state index contributed by atoms with van der Waals surface area (Å²) in [6.45, 7) is 0.770. The molecule has 1 aliphatic rings. The first-order valence-electron chi connectivity index (χ1n) is 6.24. The van der Waals surface area contributed by atoms with E-state index in [2.05, 4.69) is 21.4 Å². The predicted octanol–water partition coefficient (Wildman–Crippen LogP) is 3.39. The van der Waals surface area contributed by atoms with Gasteiger partial charge in [0.05, 0.1) is 17.3 Å². The zero-order valence-electron chi connectivity index (χ0n) is 10.4. The highest BCUT2D eigenvalue weighted by atomic mass is 79.9. The Bertz CT molecular complexity index is 621. The molecule has 4 nitrogen and oxygen atoms in total. The van der Waals surface area contributed by atoms with E-state index in [0.29, 0.717) is 0 Å². The summed E-state index contributed by atoms with van der Waals surface area (Å²) in [5.74, 6) is 6.48. The van der Waals surface area contributed by atoms with E-state index in [-0.39, 0.29) is 6.04 Å². The van der Waals surface area contributed by atoms with Crippen molar-refractivity contribution in [3.63, 3.8) is 0 Å². The van der Waals surface area contributed by atoms with Crippen LogP contribution in [-0.2, 0) is 4.74 Å². The van der Waals surface area contributed by atoms with Crippen molar-refractivity contribution in [1.29, 1.82) is 0 Å². The van der Waals surface area contributed by atoms with Crippen molar-refractivity contribution in [3.05, 3.63) is 46.3 Å². The van der Waals surface area contributed by atoms with Crippen molar-refractivity contribution in [2.45, 2.75) is 18.9 Å². The third kappa shape index (κ3) is 2.41. The van der Waals surface area contributed by atoms with Gasteiger partial charge < -0.3 is 9.15 Å². The summed E-state index contributed by atoms with van der Waals surface area (Å²) >= 11 is 3.49. The van der Waals surface area contributed by atoms with E-state index < -0.39 is 0 Å². The number of hydrogen-bond donors (Lipinski definition) is 2. The minimum atomic E-state index is -0.139. The number of nitrogens with one attached hydrogen (secondary N) is 1. The topological polar surface area (TPSA) is 60.4 Å². The van der Waals surface area contributed by atoms with Crippen molar-refractivity contribution in [2.75, 3.05) is 6.61 Å². The minimum absolute atomic E-state index is 0.139. The van der Waals surface area contributed by atoms with E-state index >= 15 is 0 Å². The fourth-order valence-electron chi connectivity index (χ4n) is 2.36. The molecular weight excluding hydrogens is 308 g/mol. The fourth-order valence-corrected chi connectivity index (χ4v) is 2.82. The molecule has 0 fully saturated rings. The van der Waals surface area contributed by atoms with E-state index in [4.69, 9.17) is 15.0 Å². The Hall–Kier alpha value is -1.30. The molecule has 0 saturated carbocycles. The van der Waals surface area contributed by atoms with E-state index in [1.54, 1.807) is 6.26 Å². The van der Waals surface area contributed by atoms with Crippen LogP contribution in [0.15, 0.2) is 45.0 Å². The van der Waals surface area contributed by atoms with Gasteiger partial charge in [-0.25, -0.2) is 5.43 Å². The zero-order chi connectivity index (χ0) is 13.2. The van der Waals surface area contributed by atoms with E-state index in [1.165, 1.54) is 0 Å². The molecule has 0 amide bonds. The minimum Gasteiger partial charge on any atom is -0.501 e. The van der Waals surface area contributed by atoms with Crippen LogP contribution in [-0.4, -0.2) is 6.61 Å². The Labute approximate surface area is 119 Å². The zero-order valence-corrected chi connectivity index (χ0v) is 11.9. The van der Waals surface area contributed by atoms with Crippen molar-refractivity contribution < 1.29 is 9.15 Å². The van der Waals surface area contributed by atoms with Gasteiger partial charge in [0.15, 0.2) is 0 Å². The second-order valence-electron chi connectivity index (χ2n) is 4.57. The Morgan fingerprint density at radius 1 is 1.37 bits per heavy atom. The molecule has 2 heterocycles. The van der Waals surface area contributed by atoms with Gasteiger partial charge in [0.25, 0.3) is 0 Å². The van der Waals surface area contributed by atoms with Crippen LogP contribution < -0.4 is 11.3 Å². The number of halogens is 1. The molecule has 1 aromatic carbocycles. The van der Waals surface area contributed by atoms with E-state index in [1.807, 2.05) is 24.3 Å². The molecule has 0 bridgehead atoms. The normalized spacial score (nSPS) is 17.1. The highest BCUT2D eigenvalue weighted by Gasteiger charge is 2.22. The number of nitrogens with two attached hydrogens (primary N) is 1. The quantitative estimate of drug-likeness (QED) is 0.671. The summed E-state index contributed by atoms with van der Waals surface area (Å²) < 4.78 is 12.2. The van der Waals surface area contributed by atoms with Crippen molar-refractivity contribution in [3.8, 4) is 0 Å². The summed E-state index contributed by atoms with van der Waals surface area (Å²) in [7, 11) is 0. The summed E-state index contributed by atoms with van der Waals surface area (Å²) in [6, 6.07) is 7.84. The maximum absolute atomic E-state index is 5.92. The van der Waals surface area contributed by atoms with Crippen molar-refractivity contribution in [2.24, 2.45) is 5.84 Å². The summed E-state index contributed by atoms with van der Waals surface area (Å²) in [6.07, 6.45) is 3.76. The third-order valence-electron chi connectivity index (χ3n) is 3.30. The third-order valence-corrected chi connectivity index (χ3v) is 3.92. The second kappa shape index (κ2) is 5.36. The molecule has 0 spiro atoms. The molecule has 5 heteroatoms. The number of ether oxygens (including phenoxy) is 1. The molecule has 3 N–H and O–H groups in total. The van der Waals surface area contributed by atoms with Gasteiger partial charge in [-0.1, -0.05) is 12.1 Å². The summed E-state index contributed by atoms with van der Waals surface area (Å²) in [5, 5.41) is 1.06. The van der Waals surface area contributed by atoms with Gasteiger partial charge in [0.2, 0.25) is 0 Å². The Morgan fingerprint density at radius 2 is 2.26 bits per heavy atom. The van der Waals surface area contributed by atoms with Crippen molar-refractivity contribution in [1.82, 2.24) is 5.43 Å². The number of rotatable bonds is 3. The lowest BCUT2D eigenvalue weighted by Gasteiger charge is -2.20. The van der Waals surface area contributed by atoms with Gasteiger partial charge in [-0.3, -0.25) is 5.84 Å². The number of hydrazine groups is 1. The van der Waals surface area contributed by atoms with E-state index in [0.717, 1.165) is 46.2 Å². The average molecular weight is 323 g/mol. The van der Waals surface area contributed by atoms with Crippen LogP contribution >= 0.6 is 15.9 Å². The lowest BCUT2D eigenvalue weighted by atomic mass is 10.0. The van der Waals surface area contributed by atoms with Gasteiger partial charge in [-0.15, -0.1) is 0 Å². The average Bonchev–Trinajstić information content (AvgIpc) is 2.86. The molecule has 0 saturated heterocycles. The number of fused-ring (bicyclic) bond motifs is 1. The number of hydrogen-bond acceptors (Lipinski definition) is 4. The SMILES string of the molecule is NNC(C1=COCCC1)c1cc2cccc(Br)c2o1. The maximum atomic E-state index is 5.92. The Morgan fingerprint density at radius 3 is 2.95 bits per heavy atom. The fraction of sp³-hybridized carbons (Fsp3) is 0.286. The number of para-hydroxylation sites is 1. The molecule has 19 heavy (non-hydrogen) atoms. The lowest BCUT2D eigenvalue weighted by molar-refractivity contribution is 0.218. The number of benzene rings is 1. The molecule has 2 aromatic rings. The highest BCUT2D eigenvalue weighted by molar-refractivity contribution is 9.10. The Kier molecular flexibility index (Phi) is 3.59. The summed E-state index contributed by atoms with van der Waals surface area (Å²) in [5.41, 5.74) is 4.77. The first-order valence-corrected chi connectivity index (χ1v) is 7.03. The van der Waals surface area contributed by atoms with Gasteiger partial charge in [0, 0.05) is 5.39 Å². The predicted molar refractivity (Wildman–Crippen MR) is 77.2 cm³/mol. The first kappa shape index (κ1) is 12.7. The largest absolute Gasteiger partial charge is 0.501 e. The number of furan rings is 1.